The monoisotopic (exact) mass is 396 g/mol. The van der Waals surface area contributed by atoms with E-state index in [0.29, 0.717) is 27.3 Å². The minimum absolute atomic E-state index is 0.125. The number of benzene rings is 1. The molecule has 1 aromatic carbocycles. The maximum absolute atomic E-state index is 12.7. The molecular formula is C20H16N2O3S2. The molecule has 136 valence electrons. The predicted octanol–water partition coefficient (Wildman–Crippen LogP) is 3.50. The molecule has 1 aromatic heterocycles. The normalized spacial score (nSPS) is 15.1. The lowest BCUT2D eigenvalue weighted by molar-refractivity contribution is -0.122. The van der Waals surface area contributed by atoms with E-state index in [0.717, 1.165) is 11.1 Å². The van der Waals surface area contributed by atoms with Crippen molar-refractivity contribution in [2.75, 3.05) is 13.7 Å². The number of carbonyl (C=O) groups is 1. The second-order valence-corrected chi connectivity index (χ2v) is 7.21. The molecule has 27 heavy (non-hydrogen) atoms. The van der Waals surface area contributed by atoms with Gasteiger partial charge in [-0.2, -0.15) is 0 Å². The Kier molecular flexibility index (Phi) is 6.12. The zero-order valence-electron chi connectivity index (χ0n) is 14.5. The molecule has 1 aliphatic rings. The van der Waals surface area contributed by atoms with Crippen LogP contribution < -0.4 is 9.47 Å². The van der Waals surface area contributed by atoms with Crippen molar-refractivity contribution in [2.45, 2.75) is 6.54 Å². The summed E-state index contributed by atoms with van der Waals surface area (Å²) in [5.41, 5.74) is 1.73. The minimum Gasteiger partial charge on any atom is -0.493 e. The van der Waals surface area contributed by atoms with Crippen LogP contribution in [0.15, 0.2) is 47.6 Å². The van der Waals surface area contributed by atoms with E-state index in [2.05, 4.69) is 10.9 Å². The van der Waals surface area contributed by atoms with Crippen molar-refractivity contribution in [1.29, 1.82) is 0 Å². The second kappa shape index (κ2) is 8.71. The van der Waals surface area contributed by atoms with Crippen molar-refractivity contribution in [3.05, 3.63) is 58.8 Å². The lowest BCUT2D eigenvalue weighted by Crippen LogP contribution is -2.27. The van der Waals surface area contributed by atoms with Gasteiger partial charge in [0.25, 0.3) is 5.91 Å². The largest absolute Gasteiger partial charge is 0.493 e. The number of methoxy groups -OCH3 is 1. The molecule has 2 heterocycles. The van der Waals surface area contributed by atoms with Gasteiger partial charge in [0.15, 0.2) is 11.5 Å². The zero-order valence-corrected chi connectivity index (χ0v) is 16.2. The standard InChI is InChI=1S/C20H16N2O3S2/c1-3-9-25-16-7-6-14(10-17(16)24-2)11-18-19(23)22(20(26)27-18)13-15-5-4-8-21-12-15/h1,4-8,10-12H,9,13H2,2H3. The average Bonchev–Trinajstić information content (AvgIpc) is 2.95. The molecule has 0 aliphatic carbocycles. The third kappa shape index (κ3) is 4.48. The van der Waals surface area contributed by atoms with Gasteiger partial charge in [-0.15, -0.1) is 6.42 Å². The molecule has 5 nitrogen and oxygen atoms in total. The number of hydrogen-bond donors (Lipinski definition) is 0. The van der Waals surface area contributed by atoms with E-state index in [1.165, 1.54) is 11.8 Å². The molecule has 0 saturated carbocycles. The first-order chi connectivity index (χ1) is 13.1. The Balaban J connectivity index is 1.80. The number of rotatable bonds is 6. The molecule has 0 unspecified atom stereocenters. The number of pyridine rings is 1. The van der Waals surface area contributed by atoms with E-state index in [9.17, 15) is 4.79 Å². The first-order valence-electron chi connectivity index (χ1n) is 8.01. The molecule has 7 heteroatoms. The Hall–Kier alpha value is -2.82. The van der Waals surface area contributed by atoms with Gasteiger partial charge in [0, 0.05) is 12.4 Å². The number of ether oxygens (including phenoxy) is 2. The number of carbonyl (C=O) groups excluding carboxylic acids is 1. The summed E-state index contributed by atoms with van der Waals surface area (Å²) in [4.78, 5) is 18.9. The quantitative estimate of drug-likeness (QED) is 0.423. The molecule has 1 saturated heterocycles. The van der Waals surface area contributed by atoms with Gasteiger partial charge in [0.05, 0.1) is 18.6 Å². The van der Waals surface area contributed by atoms with Crippen LogP contribution in [0, 0.1) is 12.3 Å². The Morgan fingerprint density at radius 3 is 2.93 bits per heavy atom. The number of hydrogen-bond acceptors (Lipinski definition) is 6. The minimum atomic E-state index is -0.125. The molecule has 0 N–H and O–H groups in total. The van der Waals surface area contributed by atoms with Crippen molar-refractivity contribution >= 4 is 40.3 Å². The van der Waals surface area contributed by atoms with Gasteiger partial charge in [0.2, 0.25) is 0 Å². The van der Waals surface area contributed by atoms with Gasteiger partial charge in [0.1, 0.15) is 10.9 Å². The summed E-state index contributed by atoms with van der Waals surface area (Å²) in [6, 6.07) is 9.13. The van der Waals surface area contributed by atoms with Gasteiger partial charge in [-0.25, -0.2) is 0 Å². The summed E-state index contributed by atoms with van der Waals surface area (Å²) in [5, 5.41) is 0. The molecule has 0 bridgehead atoms. The number of thioether (sulfide) groups is 1. The van der Waals surface area contributed by atoms with Gasteiger partial charge < -0.3 is 9.47 Å². The van der Waals surface area contributed by atoms with Crippen molar-refractivity contribution in [3.8, 4) is 23.8 Å². The number of thiocarbonyl (C=S) groups is 1. The summed E-state index contributed by atoms with van der Waals surface area (Å²) in [6.07, 6.45) is 10.4. The van der Waals surface area contributed by atoms with Crippen molar-refractivity contribution in [2.24, 2.45) is 0 Å². The van der Waals surface area contributed by atoms with Crippen LogP contribution in [0.5, 0.6) is 11.5 Å². The molecule has 3 rings (SSSR count). The fraction of sp³-hybridized carbons (Fsp3) is 0.150. The Labute approximate surface area is 167 Å². The molecule has 1 amide bonds. The van der Waals surface area contributed by atoms with E-state index in [1.54, 1.807) is 42.6 Å². The van der Waals surface area contributed by atoms with E-state index >= 15 is 0 Å². The first kappa shape index (κ1) is 19.0. The van der Waals surface area contributed by atoms with Crippen LogP contribution in [0.25, 0.3) is 6.08 Å². The van der Waals surface area contributed by atoms with Crippen LogP contribution in [-0.4, -0.2) is 33.8 Å². The van der Waals surface area contributed by atoms with Gasteiger partial charge >= 0.3 is 0 Å². The summed E-state index contributed by atoms with van der Waals surface area (Å²) in [5.74, 6) is 3.39. The van der Waals surface area contributed by atoms with Crippen LogP contribution in [0.4, 0.5) is 0 Å². The third-order valence-electron chi connectivity index (χ3n) is 3.73. The van der Waals surface area contributed by atoms with Crippen LogP contribution in [0.2, 0.25) is 0 Å². The number of aromatic nitrogens is 1. The Morgan fingerprint density at radius 2 is 2.22 bits per heavy atom. The number of nitrogens with zero attached hydrogens (tertiary/aromatic N) is 2. The van der Waals surface area contributed by atoms with Crippen LogP contribution in [0.3, 0.4) is 0 Å². The fourth-order valence-corrected chi connectivity index (χ4v) is 3.73. The van der Waals surface area contributed by atoms with E-state index in [1.807, 2.05) is 18.2 Å². The highest BCUT2D eigenvalue weighted by Crippen LogP contribution is 2.35. The number of terminal acetylenes is 1. The smallest absolute Gasteiger partial charge is 0.266 e. The molecule has 0 spiro atoms. The van der Waals surface area contributed by atoms with Crippen molar-refractivity contribution in [3.63, 3.8) is 0 Å². The zero-order chi connectivity index (χ0) is 19.2. The molecule has 0 atom stereocenters. The van der Waals surface area contributed by atoms with Crippen molar-refractivity contribution < 1.29 is 14.3 Å². The average molecular weight is 396 g/mol. The maximum atomic E-state index is 12.7. The van der Waals surface area contributed by atoms with Crippen LogP contribution in [0.1, 0.15) is 11.1 Å². The SMILES string of the molecule is C#CCOc1ccc(C=C2SC(=S)N(Cc3cccnc3)C2=O)cc1OC. The summed E-state index contributed by atoms with van der Waals surface area (Å²) in [6.45, 7) is 0.556. The number of amides is 1. The third-order valence-corrected chi connectivity index (χ3v) is 5.11. The molecule has 2 aromatic rings. The van der Waals surface area contributed by atoms with Crippen LogP contribution in [-0.2, 0) is 11.3 Å². The first-order valence-corrected chi connectivity index (χ1v) is 9.23. The highest BCUT2D eigenvalue weighted by molar-refractivity contribution is 8.26. The molecular weight excluding hydrogens is 380 g/mol. The summed E-state index contributed by atoms with van der Waals surface area (Å²) < 4.78 is 11.3. The molecule has 0 radical (unpaired) electrons. The van der Waals surface area contributed by atoms with Crippen molar-refractivity contribution in [1.82, 2.24) is 9.88 Å². The summed E-state index contributed by atoms with van der Waals surface area (Å²) in [7, 11) is 1.55. The van der Waals surface area contributed by atoms with Gasteiger partial charge in [-0.05, 0) is 35.4 Å². The van der Waals surface area contributed by atoms with Gasteiger partial charge in [-0.3, -0.25) is 14.7 Å². The van der Waals surface area contributed by atoms with E-state index < -0.39 is 0 Å². The Morgan fingerprint density at radius 1 is 1.37 bits per heavy atom. The maximum Gasteiger partial charge on any atom is 0.266 e. The topological polar surface area (TPSA) is 51.7 Å². The second-order valence-electron chi connectivity index (χ2n) is 5.53. The van der Waals surface area contributed by atoms with E-state index in [4.69, 9.17) is 28.1 Å². The van der Waals surface area contributed by atoms with Crippen LogP contribution >= 0.6 is 24.0 Å². The highest BCUT2D eigenvalue weighted by Gasteiger charge is 2.32. The molecule has 1 fully saturated rings. The lowest BCUT2D eigenvalue weighted by Gasteiger charge is -2.13. The van der Waals surface area contributed by atoms with Gasteiger partial charge in [-0.1, -0.05) is 42.0 Å². The lowest BCUT2D eigenvalue weighted by atomic mass is 10.2. The molecule has 1 aliphatic heterocycles. The summed E-state index contributed by atoms with van der Waals surface area (Å²) >= 11 is 6.65. The fourth-order valence-electron chi connectivity index (χ4n) is 2.47. The van der Waals surface area contributed by atoms with E-state index in [-0.39, 0.29) is 12.5 Å². The Bertz CT molecular complexity index is 936. The predicted molar refractivity (Wildman–Crippen MR) is 110 cm³/mol. The highest BCUT2D eigenvalue weighted by atomic mass is 32.2.